The molecule has 0 aliphatic rings. The lowest BCUT2D eigenvalue weighted by molar-refractivity contribution is -0.384. The van der Waals surface area contributed by atoms with Crippen LogP contribution in [0.4, 0.5) is 11.4 Å². The van der Waals surface area contributed by atoms with Crippen molar-refractivity contribution in [2.24, 2.45) is 0 Å². The Morgan fingerprint density at radius 3 is 2.46 bits per heavy atom. The van der Waals surface area contributed by atoms with Crippen LogP contribution in [0.1, 0.15) is 26.3 Å². The SMILES string of the molecule is O=C(Nc1ccccc1C(=O)NCCc1cnn(-c2ccccc2)c1)c1ccc([N+](=O)[O-])cc1Cl. The number of anilines is 1. The number of benzene rings is 3. The molecule has 0 saturated heterocycles. The zero-order valence-corrected chi connectivity index (χ0v) is 19.1. The lowest BCUT2D eigenvalue weighted by Gasteiger charge is -2.12. The number of carbonyl (C=O) groups excluding carboxylic acids is 2. The molecule has 0 saturated carbocycles. The zero-order valence-electron chi connectivity index (χ0n) is 18.3. The van der Waals surface area contributed by atoms with Crippen LogP contribution in [0, 0.1) is 10.1 Å². The molecule has 0 spiro atoms. The van der Waals surface area contributed by atoms with Gasteiger partial charge < -0.3 is 10.6 Å². The van der Waals surface area contributed by atoms with E-state index in [1.807, 2.05) is 36.5 Å². The van der Waals surface area contributed by atoms with E-state index < -0.39 is 10.8 Å². The van der Waals surface area contributed by atoms with Crippen LogP contribution in [0.2, 0.25) is 5.02 Å². The van der Waals surface area contributed by atoms with E-state index in [-0.39, 0.29) is 27.7 Å². The van der Waals surface area contributed by atoms with Crippen molar-refractivity contribution in [3.05, 3.63) is 117 Å². The number of hydrogen-bond donors (Lipinski definition) is 2. The van der Waals surface area contributed by atoms with E-state index in [9.17, 15) is 19.7 Å². The van der Waals surface area contributed by atoms with E-state index in [0.717, 1.165) is 17.3 Å². The van der Waals surface area contributed by atoms with E-state index in [0.29, 0.717) is 18.7 Å². The van der Waals surface area contributed by atoms with Gasteiger partial charge in [-0.05, 0) is 42.3 Å². The number of aromatic nitrogens is 2. The number of nitrogens with one attached hydrogen (secondary N) is 2. The third-order valence-electron chi connectivity index (χ3n) is 5.18. The molecular weight excluding hydrogens is 470 g/mol. The van der Waals surface area contributed by atoms with Gasteiger partial charge in [0.25, 0.3) is 17.5 Å². The van der Waals surface area contributed by atoms with Crippen LogP contribution >= 0.6 is 11.6 Å². The number of para-hydroxylation sites is 2. The monoisotopic (exact) mass is 489 g/mol. The normalized spacial score (nSPS) is 10.5. The molecule has 0 aliphatic heterocycles. The topological polar surface area (TPSA) is 119 Å². The van der Waals surface area contributed by atoms with Crippen molar-refractivity contribution in [3.8, 4) is 5.69 Å². The summed E-state index contributed by atoms with van der Waals surface area (Å²) in [6, 6.07) is 19.8. The molecule has 0 bridgehead atoms. The maximum absolute atomic E-state index is 12.8. The first-order valence-corrected chi connectivity index (χ1v) is 11.0. The van der Waals surface area contributed by atoms with Crippen molar-refractivity contribution in [1.82, 2.24) is 15.1 Å². The Balaban J connectivity index is 1.39. The Labute approximate surface area is 205 Å². The second-order valence-electron chi connectivity index (χ2n) is 7.56. The first-order valence-electron chi connectivity index (χ1n) is 10.6. The highest BCUT2D eigenvalue weighted by molar-refractivity contribution is 6.34. The number of non-ortho nitro benzene ring substituents is 1. The fourth-order valence-corrected chi connectivity index (χ4v) is 3.67. The van der Waals surface area contributed by atoms with Gasteiger partial charge in [-0.3, -0.25) is 19.7 Å². The van der Waals surface area contributed by atoms with Crippen LogP contribution in [-0.4, -0.2) is 33.1 Å². The highest BCUT2D eigenvalue weighted by Gasteiger charge is 2.18. The third kappa shape index (κ3) is 5.71. The first-order chi connectivity index (χ1) is 16.9. The molecule has 1 aromatic heterocycles. The van der Waals surface area contributed by atoms with E-state index in [1.54, 1.807) is 35.1 Å². The molecule has 176 valence electrons. The number of nitro groups is 1. The second kappa shape index (κ2) is 10.6. The fraction of sp³-hybridized carbons (Fsp3) is 0.0800. The first kappa shape index (κ1) is 23.7. The van der Waals surface area contributed by atoms with Gasteiger partial charge in [0, 0.05) is 24.9 Å². The maximum Gasteiger partial charge on any atom is 0.270 e. The molecule has 2 N–H and O–H groups in total. The minimum absolute atomic E-state index is 0.0582. The van der Waals surface area contributed by atoms with Gasteiger partial charge in [0.15, 0.2) is 0 Å². The third-order valence-corrected chi connectivity index (χ3v) is 5.50. The summed E-state index contributed by atoms with van der Waals surface area (Å²) in [7, 11) is 0. The Kier molecular flexibility index (Phi) is 7.18. The summed E-state index contributed by atoms with van der Waals surface area (Å²) in [5, 5.41) is 20.7. The van der Waals surface area contributed by atoms with Gasteiger partial charge in [0.1, 0.15) is 0 Å². The van der Waals surface area contributed by atoms with Crippen molar-refractivity contribution < 1.29 is 14.5 Å². The molecule has 35 heavy (non-hydrogen) atoms. The quantitative estimate of drug-likeness (QED) is 0.275. The maximum atomic E-state index is 12.8. The molecule has 3 aromatic carbocycles. The summed E-state index contributed by atoms with van der Waals surface area (Å²) in [4.78, 5) is 35.8. The molecule has 0 fully saturated rings. The van der Waals surface area contributed by atoms with Crippen molar-refractivity contribution >= 4 is 34.8 Å². The zero-order chi connectivity index (χ0) is 24.8. The molecule has 4 rings (SSSR count). The Hall–Kier alpha value is -4.50. The number of amides is 2. The minimum atomic E-state index is -0.597. The van der Waals surface area contributed by atoms with Crippen molar-refractivity contribution in [2.45, 2.75) is 6.42 Å². The van der Waals surface area contributed by atoms with Crippen molar-refractivity contribution in [2.75, 3.05) is 11.9 Å². The van der Waals surface area contributed by atoms with E-state index in [4.69, 9.17) is 11.6 Å². The molecule has 0 aliphatic carbocycles. The number of halogens is 1. The Bertz CT molecular complexity index is 1390. The summed E-state index contributed by atoms with van der Waals surface area (Å²) in [6.07, 6.45) is 4.23. The number of nitro benzene ring substituents is 1. The number of hydrogen-bond acceptors (Lipinski definition) is 5. The van der Waals surface area contributed by atoms with Crippen LogP contribution in [0.15, 0.2) is 85.2 Å². The standard InChI is InChI=1S/C25H20ClN5O4/c26-22-14-19(31(34)35)10-11-20(22)25(33)29-23-9-5-4-8-21(23)24(32)27-13-12-17-15-28-30(16-17)18-6-2-1-3-7-18/h1-11,14-16H,12-13H2,(H,27,32)(H,29,33). The van der Waals surface area contributed by atoms with Crippen LogP contribution in [-0.2, 0) is 6.42 Å². The van der Waals surface area contributed by atoms with E-state index >= 15 is 0 Å². The van der Waals surface area contributed by atoms with E-state index in [1.165, 1.54) is 12.1 Å². The molecule has 0 atom stereocenters. The summed E-state index contributed by atoms with van der Waals surface area (Å²) >= 11 is 6.05. The van der Waals surface area contributed by atoms with Crippen molar-refractivity contribution in [3.63, 3.8) is 0 Å². The lowest BCUT2D eigenvalue weighted by atomic mass is 10.1. The smallest absolute Gasteiger partial charge is 0.270 e. The highest BCUT2D eigenvalue weighted by atomic mass is 35.5. The lowest BCUT2D eigenvalue weighted by Crippen LogP contribution is -2.27. The summed E-state index contributed by atoms with van der Waals surface area (Å²) in [5.74, 6) is -0.940. The average Bonchev–Trinajstić information content (AvgIpc) is 3.33. The summed E-state index contributed by atoms with van der Waals surface area (Å²) in [5.41, 5.74) is 2.31. The second-order valence-corrected chi connectivity index (χ2v) is 7.96. The van der Waals surface area contributed by atoms with Crippen LogP contribution in [0.25, 0.3) is 5.69 Å². The van der Waals surface area contributed by atoms with Crippen LogP contribution in [0.3, 0.4) is 0 Å². The molecule has 9 nitrogen and oxygen atoms in total. The summed E-state index contributed by atoms with van der Waals surface area (Å²) < 4.78 is 1.77. The molecule has 0 radical (unpaired) electrons. The summed E-state index contributed by atoms with van der Waals surface area (Å²) in [6.45, 7) is 0.371. The van der Waals surface area contributed by atoms with Gasteiger partial charge in [-0.2, -0.15) is 5.10 Å². The largest absolute Gasteiger partial charge is 0.352 e. The highest BCUT2D eigenvalue weighted by Crippen LogP contribution is 2.24. The van der Waals surface area contributed by atoms with Crippen molar-refractivity contribution in [1.29, 1.82) is 0 Å². The molecular formula is C25H20ClN5O4. The number of nitrogens with zero attached hydrogens (tertiary/aromatic N) is 3. The molecule has 0 unspecified atom stereocenters. The van der Waals surface area contributed by atoms with Gasteiger partial charge in [-0.15, -0.1) is 0 Å². The number of rotatable bonds is 8. The van der Waals surface area contributed by atoms with Crippen LogP contribution < -0.4 is 10.6 Å². The number of carbonyl (C=O) groups is 2. The predicted molar refractivity (Wildman–Crippen MR) is 132 cm³/mol. The van der Waals surface area contributed by atoms with Gasteiger partial charge in [0.2, 0.25) is 0 Å². The Morgan fingerprint density at radius 1 is 0.971 bits per heavy atom. The molecule has 10 heteroatoms. The average molecular weight is 490 g/mol. The van der Waals surface area contributed by atoms with Gasteiger partial charge in [0.05, 0.1) is 38.6 Å². The molecule has 2 amide bonds. The fourth-order valence-electron chi connectivity index (χ4n) is 3.41. The van der Waals surface area contributed by atoms with Crippen LogP contribution in [0.5, 0.6) is 0 Å². The molecule has 1 heterocycles. The van der Waals surface area contributed by atoms with Gasteiger partial charge in [-0.25, -0.2) is 4.68 Å². The molecule has 4 aromatic rings. The Morgan fingerprint density at radius 2 is 1.71 bits per heavy atom. The van der Waals surface area contributed by atoms with Gasteiger partial charge in [-0.1, -0.05) is 41.9 Å². The predicted octanol–water partition coefficient (Wildman–Crippen LogP) is 4.66. The van der Waals surface area contributed by atoms with Gasteiger partial charge >= 0.3 is 0 Å². The minimum Gasteiger partial charge on any atom is -0.352 e. The van der Waals surface area contributed by atoms with E-state index in [2.05, 4.69) is 15.7 Å².